The number of unbranched alkanes of at least 4 members (excludes halogenated alkanes) is 1. The van der Waals surface area contributed by atoms with Gasteiger partial charge in [-0.05, 0) is 62.3 Å². The standard InChI is InChI=1S/C29H41N.C4H10/c1-9-14-25(20-24(21(4)5)19-18-22(6)11-3)26(15-10-2)29-23(7)30(8)28-17-13-12-16-27(28)29;1-3-4-2/h12-13,15-20,22H,9-11,14H2,1-8H3;3-4H2,1-2H3/b19-18-,25-20+,26-15+;. The lowest BCUT2D eigenvalue weighted by Crippen LogP contribution is -1.97. The molecule has 0 radical (unpaired) electrons. The number of aryl methyl sites for hydroxylation is 1. The van der Waals surface area contributed by atoms with E-state index in [1.165, 1.54) is 63.7 Å². The Morgan fingerprint density at radius 2 is 1.62 bits per heavy atom. The quantitative estimate of drug-likeness (QED) is 0.310. The molecule has 1 aromatic heterocycles. The molecule has 1 aromatic carbocycles. The fourth-order valence-corrected chi connectivity index (χ4v) is 3.96. The molecule has 0 amide bonds. The monoisotopic (exact) mass is 461 g/mol. The maximum Gasteiger partial charge on any atom is 0.0486 e. The summed E-state index contributed by atoms with van der Waals surface area (Å²) in [4.78, 5) is 0. The summed E-state index contributed by atoms with van der Waals surface area (Å²) in [6, 6.07) is 8.80. The van der Waals surface area contributed by atoms with Gasteiger partial charge in [-0.2, -0.15) is 0 Å². The Balaban J connectivity index is 0.00000133. The minimum atomic E-state index is 0.605. The van der Waals surface area contributed by atoms with Crippen LogP contribution in [0.3, 0.4) is 0 Å². The molecule has 0 aliphatic rings. The first-order chi connectivity index (χ1) is 16.3. The first-order valence-corrected chi connectivity index (χ1v) is 13.6. The Kier molecular flexibility index (Phi) is 13.6. The summed E-state index contributed by atoms with van der Waals surface area (Å²) in [7, 11) is 2.18. The minimum Gasteiger partial charge on any atom is -0.347 e. The van der Waals surface area contributed by atoms with Crippen molar-refractivity contribution in [2.45, 2.75) is 101 Å². The number of rotatable bonds is 10. The SMILES string of the molecule is CC/C=C(\C(=C\C(/C=C\C(C)CC)=C(C)C)CCC)c1c(C)n(C)c2ccccc12.CCCC. The van der Waals surface area contributed by atoms with Crippen LogP contribution >= 0.6 is 0 Å². The fraction of sp³-hybridized carbons (Fsp3) is 0.515. The van der Waals surface area contributed by atoms with Gasteiger partial charge in [-0.15, -0.1) is 0 Å². The molecule has 0 fully saturated rings. The normalized spacial score (nSPS) is 13.2. The van der Waals surface area contributed by atoms with E-state index in [9.17, 15) is 0 Å². The van der Waals surface area contributed by atoms with Crippen LogP contribution in [0, 0.1) is 12.8 Å². The number of benzene rings is 1. The zero-order valence-electron chi connectivity index (χ0n) is 23.9. The van der Waals surface area contributed by atoms with E-state index in [4.69, 9.17) is 0 Å². The summed E-state index contributed by atoms with van der Waals surface area (Å²) in [5.41, 5.74) is 9.61. The van der Waals surface area contributed by atoms with Gasteiger partial charge >= 0.3 is 0 Å². The minimum absolute atomic E-state index is 0.605. The molecule has 1 unspecified atom stereocenters. The molecule has 0 N–H and O–H groups in total. The number of para-hydroxylation sites is 1. The van der Waals surface area contributed by atoms with E-state index in [1.807, 2.05) is 0 Å². The molecule has 1 atom stereocenters. The van der Waals surface area contributed by atoms with E-state index < -0.39 is 0 Å². The number of fused-ring (bicyclic) bond motifs is 1. The highest BCUT2D eigenvalue weighted by atomic mass is 14.9. The van der Waals surface area contributed by atoms with Crippen LogP contribution in [-0.2, 0) is 7.05 Å². The summed E-state index contributed by atoms with van der Waals surface area (Å²) < 4.78 is 2.34. The number of hydrogen-bond acceptors (Lipinski definition) is 0. The lowest BCUT2D eigenvalue weighted by atomic mass is 9.89. The van der Waals surface area contributed by atoms with E-state index in [0.29, 0.717) is 5.92 Å². The maximum atomic E-state index is 2.44. The molecule has 188 valence electrons. The van der Waals surface area contributed by atoms with Crippen LogP contribution in [0.5, 0.6) is 0 Å². The lowest BCUT2D eigenvalue weighted by Gasteiger charge is -2.15. The fourth-order valence-electron chi connectivity index (χ4n) is 3.96. The van der Waals surface area contributed by atoms with Crippen molar-refractivity contribution in [3.63, 3.8) is 0 Å². The van der Waals surface area contributed by atoms with E-state index in [2.05, 4.69) is 122 Å². The van der Waals surface area contributed by atoms with Crippen molar-refractivity contribution >= 4 is 16.5 Å². The van der Waals surface area contributed by atoms with Gasteiger partial charge in [0.25, 0.3) is 0 Å². The second-order valence-electron chi connectivity index (χ2n) is 9.68. The third-order valence-corrected chi connectivity index (χ3v) is 6.60. The van der Waals surface area contributed by atoms with Gasteiger partial charge in [-0.1, -0.05) is 115 Å². The van der Waals surface area contributed by atoms with Gasteiger partial charge in [0, 0.05) is 29.2 Å². The Morgan fingerprint density at radius 3 is 2.15 bits per heavy atom. The smallest absolute Gasteiger partial charge is 0.0486 e. The average molecular weight is 462 g/mol. The molecule has 0 saturated heterocycles. The van der Waals surface area contributed by atoms with Gasteiger partial charge in [-0.3, -0.25) is 0 Å². The van der Waals surface area contributed by atoms with Gasteiger partial charge in [0.15, 0.2) is 0 Å². The molecule has 1 heterocycles. The zero-order valence-corrected chi connectivity index (χ0v) is 23.9. The van der Waals surface area contributed by atoms with E-state index >= 15 is 0 Å². The van der Waals surface area contributed by atoms with Crippen LogP contribution in [0.25, 0.3) is 16.5 Å². The second-order valence-corrected chi connectivity index (χ2v) is 9.68. The molecule has 0 aliphatic carbocycles. The van der Waals surface area contributed by atoms with Crippen molar-refractivity contribution in [2.75, 3.05) is 0 Å². The Morgan fingerprint density at radius 1 is 0.971 bits per heavy atom. The molecular formula is C33H51N. The third kappa shape index (κ3) is 8.19. The first-order valence-electron chi connectivity index (χ1n) is 13.6. The Labute approximate surface area is 211 Å². The van der Waals surface area contributed by atoms with Crippen molar-refractivity contribution in [3.8, 4) is 0 Å². The summed E-state index contributed by atoms with van der Waals surface area (Å²) in [6.07, 6.45) is 16.6. The Bertz CT molecular complexity index is 1000. The number of aromatic nitrogens is 1. The highest BCUT2D eigenvalue weighted by Crippen LogP contribution is 2.37. The van der Waals surface area contributed by atoms with Crippen molar-refractivity contribution in [3.05, 3.63) is 76.5 Å². The molecule has 0 bridgehead atoms. The number of hydrogen-bond donors (Lipinski definition) is 0. The van der Waals surface area contributed by atoms with Gasteiger partial charge in [0.05, 0.1) is 0 Å². The van der Waals surface area contributed by atoms with Crippen molar-refractivity contribution in [1.29, 1.82) is 0 Å². The summed E-state index contributed by atoms with van der Waals surface area (Å²) in [5.74, 6) is 0.605. The van der Waals surface area contributed by atoms with Crippen molar-refractivity contribution < 1.29 is 0 Å². The number of nitrogens with zero attached hydrogens (tertiary/aromatic N) is 1. The van der Waals surface area contributed by atoms with Crippen LogP contribution in [0.2, 0.25) is 0 Å². The highest BCUT2D eigenvalue weighted by molar-refractivity contribution is 5.98. The molecule has 1 heteroatoms. The highest BCUT2D eigenvalue weighted by Gasteiger charge is 2.18. The largest absolute Gasteiger partial charge is 0.347 e. The topological polar surface area (TPSA) is 4.93 Å². The predicted octanol–water partition coefficient (Wildman–Crippen LogP) is 10.8. The van der Waals surface area contributed by atoms with Gasteiger partial charge in [0.1, 0.15) is 0 Å². The van der Waals surface area contributed by atoms with E-state index in [1.54, 1.807) is 0 Å². The first kappa shape index (κ1) is 29.8. The van der Waals surface area contributed by atoms with Crippen molar-refractivity contribution in [1.82, 2.24) is 4.57 Å². The Hall–Kier alpha value is -2.28. The van der Waals surface area contributed by atoms with Crippen LogP contribution in [0.1, 0.15) is 105 Å². The molecule has 2 aromatic rings. The van der Waals surface area contributed by atoms with Gasteiger partial charge in [0.2, 0.25) is 0 Å². The molecule has 34 heavy (non-hydrogen) atoms. The summed E-state index contributed by atoms with van der Waals surface area (Å²) in [6.45, 7) is 20.1. The molecule has 0 aliphatic heterocycles. The van der Waals surface area contributed by atoms with Crippen LogP contribution in [0.4, 0.5) is 0 Å². The summed E-state index contributed by atoms with van der Waals surface area (Å²) >= 11 is 0. The predicted molar refractivity (Wildman–Crippen MR) is 156 cm³/mol. The molecule has 1 nitrogen and oxygen atoms in total. The molecule has 0 saturated carbocycles. The number of allylic oxidation sites excluding steroid dienone is 8. The van der Waals surface area contributed by atoms with E-state index in [0.717, 1.165) is 19.3 Å². The summed E-state index contributed by atoms with van der Waals surface area (Å²) in [5, 5.41) is 1.35. The maximum absolute atomic E-state index is 2.44. The third-order valence-electron chi connectivity index (χ3n) is 6.60. The zero-order chi connectivity index (χ0) is 25.7. The average Bonchev–Trinajstić information content (AvgIpc) is 3.09. The van der Waals surface area contributed by atoms with Crippen LogP contribution < -0.4 is 0 Å². The van der Waals surface area contributed by atoms with E-state index in [-0.39, 0.29) is 0 Å². The second kappa shape index (κ2) is 15.6. The van der Waals surface area contributed by atoms with Crippen molar-refractivity contribution in [2.24, 2.45) is 13.0 Å². The molecular weight excluding hydrogens is 410 g/mol. The van der Waals surface area contributed by atoms with Crippen LogP contribution in [0.15, 0.2) is 65.3 Å². The van der Waals surface area contributed by atoms with Gasteiger partial charge in [-0.25, -0.2) is 0 Å². The van der Waals surface area contributed by atoms with Gasteiger partial charge < -0.3 is 4.57 Å². The molecule has 0 spiro atoms. The lowest BCUT2D eigenvalue weighted by molar-refractivity contribution is 0.698. The van der Waals surface area contributed by atoms with Crippen LogP contribution in [-0.4, -0.2) is 4.57 Å². The molecule has 2 rings (SSSR count).